The Morgan fingerprint density at radius 3 is 1.88 bits per heavy atom. The van der Waals surface area contributed by atoms with Gasteiger partial charge in [0.2, 0.25) is 0 Å². The summed E-state index contributed by atoms with van der Waals surface area (Å²) in [5, 5.41) is 18.7. The maximum atomic E-state index is 11.0. The Morgan fingerprint density at radius 2 is 1.59 bits per heavy atom. The highest BCUT2D eigenvalue weighted by Crippen LogP contribution is 2.09. The van der Waals surface area contributed by atoms with Crippen LogP contribution in [-0.2, 0) is 19.1 Å². The zero-order chi connectivity index (χ0) is 13.4. The molecule has 17 heavy (non-hydrogen) atoms. The number of ether oxygens (including phenoxy) is 2. The van der Waals surface area contributed by atoms with Crippen molar-refractivity contribution in [2.45, 2.75) is 31.8 Å². The summed E-state index contributed by atoms with van der Waals surface area (Å²) in [7, 11) is 0. The molecule has 0 fully saturated rings. The van der Waals surface area contributed by atoms with Crippen molar-refractivity contribution in [1.29, 1.82) is 0 Å². The van der Waals surface area contributed by atoms with Gasteiger partial charge in [-0.25, -0.2) is 9.59 Å². The standard InChI is InChI=1S/C11H16O6/c1-4-9(14)16-11(17-10(15)5-2)8(13)6-7(3)12/h4-5,7-8,11-13H,1-2,6H2,3H3. The smallest absolute Gasteiger partial charge is 0.333 e. The third kappa shape index (κ3) is 6.49. The average Bonchev–Trinajstić information content (AvgIpc) is 2.26. The summed E-state index contributed by atoms with van der Waals surface area (Å²) < 4.78 is 9.25. The van der Waals surface area contributed by atoms with Gasteiger partial charge in [-0.2, -0.15) is 0 Å². The van der Waals surface area contributed by atoms with Crippen LogP contribution in [0.4, 0.5) is 0 Å². The topological polar surface area (TPSA) is 93.1 Å². The predicted octanol–water partition coefficient (Wildman–Crippen LogP) is -0.0973. The van der Waals surface area contributed by atoms with Crippen molar-refractivity contribution < 1.29 is 29.3 Å². The van der Waals surface area contributed by atoms with Gasteiger partial charge in [0.15, 0.2) is 0 Å². The van der Waals surface area contributed by atoms with E-state index in [-0.39, 0.29) is 6.42 Å². The van der Waals surface area contributed by atoms with E-state index < -0.39 is 30.4 Å². The van der Waals surface area contributed by atoms with Gasteiger partial charge in [-0.1, -0.05) is 13.2 Å². The van der Waals surface area contributed by atoms with Crippen LogP contribution in [0.2, 0.25) is 0 Å². The lowest BCUT2D eigenvalue weighted by Crippen LogP contribution is -2.36. The molecule has 0 amide bonds. The van der Waals surface area contributed by atoms with Crippen LogP contribution in [0.15, 0.2) is 25.3 Å². The molecule has 0 spiro atoms. The van der Waals surface area contributed by atoms with Gasteiger partial charge >= 0.3 is 11.9 Å². The van der Waals surface area contributed by atoms with E-state index in [2.05, 4.69) is 22.6 Å². The van der Waals surface area contributed by atoms with E-state index in [0.29, 0.717) is 0 Å². The van der Waals surface area contributed by atoms with Crippen molar-refractivity contribution in [2.24, 2.45) is 0 Å². The van der Waals surface area contributed by atoms with Gasteiger partial charge < -0.3 is 19.7 Å². The van der Waals surface area contributed by atoms with Gasteiger partial charge in [0.1, 0.15) is 6.10 Å². The quantitative estimate of drug-likeness (QED) is 0.369. The van der Waals surface area contributed by atoms with E-state index >= 15 is 0 Å². The number of esters is 2. The molecule has 2 atom stereocenters. The molecule has 0 aromatic rings. The SMILES string of the molecule is C=CC(=O)OC(OC(=O)C=C)C(O)CC(C)O. The summed E-state index contributed by atoms with van der Waals surface area (Å²) in [6.45, 7) is 7.77. The van der Waals surface area contributed by atoms with E-state index in [9.17, 15) is 14.7 Å². The molecule has 0 aliphatic heterocycles. The van der Waals surface area contributed by atoms with E-state index in [4.69, 9.17) is 5.11 Å². The van der Waals surface area contributed by atoms with Crippen molar-refractivity contribution in [1.82, 2.24) is 0 Å². The molecule has 0 bridgehead atoms. The van der Waals surface area contributed by atoms with Gasteiger partial charge in [-0.3, -0.25) is 0 Å². The molecule has 0 saturated carbocycles. The van der Waals surface area contributed by atoms with E-state index in [0.717, 1.165) is 12.2 Å². The number of carbonyl (C=O) groups excluding carboxylic acids is 2. The second kappa shape index (κ2) is 7.59. The monoisotopic (exact) mass is 244 g/mol. The first-order valence-corrected chi connectivity index (χ1v) is 4.93. The molecule has 0 rings (SSSR count). The van der Waals surface area contributed by atoms with Crippen LogP contribution < -0.4 is 0 Å². The second-order valence-electron chi connectivity index (χ2n) is 3.30. The zero-order valence-corrected chi connectivity index (χ0v) is 9.54. The Labute approximate surface area is 99.1 Å². The van der Waals surface area contributed by atoms with E-state index in [1.807, 2.05) is 0 Å². The normalized spacial score (nSPS) is 13.6. The summed E-state index contributed by atoms with van der Waals surface area (Å²) in [6, 6.07) is 0. The van der Waals surface area contributed by atoms with Crippen LogP contribution in [-0.4, -0.2) is 40.6 Å². The van der Waals surface area contributed by atoms with Crippen LogP contribution in [0.3, 0.4) is 0 Å². The predicted molar refractivity (Wildman–Crippen MR) is 58.7 cm³/mol. The molecule has 0 saturated heterocycles. The van der Waals surface area contributed by atoms with Crippen LogP contribution in [0.1, 0.15) is 13.3 Å². The Hall–Kier alpha value is -1.66. The number of hydrogen-bond acceptors (Lipinski definition) is 6. The zero-order valence-electron chi connectivity index (χ0n) is 9.54. The van der Waals surface area contributed by atoms with Crippen molar-refractivity contribution in [3.05, 3.63) is 25.3 Å². The molecule has 2 unspecified atom stereocenters. The van der Waals surface area contributed by atoms with Crippen LogP contribution in [0.5, 0.6) is 0 Å². The van der Waals surface area contributed by atoms with E-state index in [1.165, 1.54) is 6.92 Å². The first-order valence-electron chi connectivity index (χ1n) is 4.93. The lowest BCUT2D eigenvalue weighted by molar-refractivity contribution is -0.202. The minimum absolute atomic E-state index is 0.112. The van der Waals surface area contributed by atoms with Crippen molar-refractivity contribution in [3.8, 4) is 0 Å². The van der Waals surface area contributed by atoms with Crippen LogP contribution in [0, 0.1) is 0 Å². The van der Waals surface area contributed by atoms with Gasteiger partial charge in [0, 0.05) is 18.6 Å². The molecule has 96 valence electrons. The summed E-state index contributed by atoms with van der Waals surface area (Å²) >= 11 is 0. The maximum absolute atomic E-state index is 11.0. The fourth-order valence-electron chi connectivity index (χ4n) is 0.967. The number of aliphatic hydroxyl groups is 2. The summed E-state index contributed by atoms with van der Waals surface area (Å²) in [5.74, 6) is -1.70. The summed E-state index contributed by atoms with van der Waals surface area (Å²) in [6.07, 6.45) is -2.05. The Balaban J connectivity index is 4.58. The molecule has 6 heteroatoms. The lowest BCUT2D eigenvalue weighted by Gasteiger charge is -2.22. The first kappa shape index (κ1) is 15.3. The largest absolute Gasteiger partial charge is 0.419 e. The minimum Gasteiger partial charge on any atom is -0.419 e. The molecular formula is C11H16O6. The highest BCUT2D eigenvalue weighted by molar-refractivity contribution is 5.83. The highest BCUT2D eigenvalue weighted by Gasteiger charge is 2.27. The number of rotatable bonds is 7. The number of aliphatic hydroxyl groups excluding tert-OH is 2. The molecule has 0 radical (unpaired) electrons. The molecule has 0 heterocycles. The minimum atomic E-state index is -1.50. The second-order valence-corrected chi connectivity index (χ2v) is 3.30. The Kier molecular flexibility index (Phi) is 6.85. The van der Waals surface area contributed by atoms with Crippen LogP contribution >= 0.6 is 0 Å². The molecule has 2 N–H and O–H groups in total. The van der Waals surface area contributed by atoms with Crippen molar-refractivity contribution >= 4 is 11.9 Å². The van der Waals surface area contributed by atoms with Crippen molar-refractivity contribution in [2.75, 3.05) is 0 Å². The Morgan fingerprint density at radius 1 is 1.18 bits per heavy atom. The lowest BCUT2D eigenvalue weighted by atomic mass is 10.2. The first-order chi connectivity index (χ1) is 7.90. The molecule has 0 aliphatic rings. The third-order valence-electron chi connectivity index (χ3n) is 1.69. The fraction of sp³-hybridized carbons (Fsp3) is 0.455. The number of hydrogen-bond donors (Lipinski definition) is 2. The maximum Gasteiger partial charge on any atom is 0.333 e. The van der Waals surface area contributed by atoms with Crippen LogP contribution in [0.25, 0.3) is 0 Å². The molecule has 0 aromatic carbocycles. The number of carbonyl (C=O) groups is 2. The van der Waals surface area contributed by atoms with Gasteiger partial charge in [0.25, 0.3) is 6.29 Å². The van der Waals surface area contributed by atoms with E-state index in [1.54, 1.807) is 0 Å². The highest BCUT2D eigenvalue weighted by atomic mass is 16.7. The molecular weight excluding hydrogens is 228 g/mol. The third-order valence-corrected chi connectivity index (χ3v) is 1.69. The van der Waals surface area contributed by atoms with Gasteiger partial charge in [0.05, 0.1) is 6.10 Å². The van der Waals surface area contributed by atoms with Crippen molar-refractivity contribution in [3.63, 3.8) is 0 Å². The van der Waals surface area contributed by atoms with Gasteiger partial charge in [-0.05, 0) is 6.92 Å². The summed E-state index contributed by atoms with van der Waals surface area (Å²) in [5.41, 5.74) is 0. The summed E-state index contributed by atoms with van der Waals surface area (Å²) in [4.78, 5) is 21.9. The van der Waals surface area contributed by atoms with Gasteiger partial charge in [-0.15, -0.1) is 0 Å². The average molecular weight is 244 g/mol. The molecule has 0 aliphatic carbocycles. The molecule has 6 nitrogen and oxygen atoms in total. The fourth-order valence-corrected chi connectivity index (χ4v) is 0.967. The molecule has 0 aromatic heterocycles. The Bertz CT molecular complexity index is 274.